The lowest BCUT2D eigenvalue weighted by Gasteiger charge is -2.15. The molecule has 5 N–H and O–H groups in total. The number of aryl methyl sites for hydroxylation is 1. The van der Waals surface area contributed by atoms with Crippen molar-refractivity contribution in [1.82, 2.24) is 25.0 Å². The highest BCUT2D eigenvalue weighted by Crippen LogP contribution is 2.23. The first-order valence-electron chi connectivity index (χ1n) is 8.82. The summed E-state index contributed by atoms with van der Waals surface area (Å²) in [5, 5.41) is 24.7. The summed E-state index contributed by atoms with van der Waals surface area (Å²) in [6, 6.07) is 5.34. The fourth-order valence-corrected chi connectivity index (χ4v) is 2.72. The van der Waals surface area contributed by atoms with Crippen LogP contribution < -0.4 is 16.4 Å². The zero-order valence-corrected chi connectivity index (χ0v) is 16.0. The van der Waals surface area contributed by atoms with Gasteiger partial charge in [0.25, 0.3) is 0 Å². The van der Waals surface area contributed by atoms with Crippen LogP contribution in [-0.4, -0.2) is 42.7 Å². The van der Waals surface area contributed by atoms with Crippen LogP contribution in [0.25, 0.3) is 11.2 Å². The molecule has 2 heterocycles. The summed E-state index contributed by atoms with van der Waals surface area (Å²) in [5.74, 6) is 0.974. The fourth-order valence-electron chi connectivity index (χ4n) is 2.61. The molecular weight excluding hydrogens is 368 g/mol. The number of halogens is 1. The van der Waals surface area contributed by atoms with Crippen molar-refractivity contribution in [3.05, 3.63) is 28.8 Å². The zero-order chi connectivity index (χ0) is 19.4. The standard InChI is InChI=1S/C17H23ClN8O/c1-3-11(9-27)21-17-22-15(14-16(23-17)26(4-2)25-24-14)20-8-10-5-6-12(18)13(19)7-10/h5-7,11,27H,3-4,8-9,19H2,1-2H3,(H2,20,21,22,23). The lowest BCUT2D eigenvalue weighted by Crippen LogP contribution is -2.24. The van der Waals surface area contributed by atoms with E-state index in [1.807, 2.05) is 26.0 Å². The number of nitrogens with zero attached hydrogens (tertiary/aromatic N) is 5. The molecule has 0 aliphatic rings. The fraction of sp³-hybridized carbons (Fsp3) is 0.412. The number of nitrogens with two attached hydrogens (primary N) is 1. The van der Waals surface area contributed by atoms with Crippen molar-refractivity contribution in [2.24, 2.45) is 0 Å². The maximum absolute atomic E-state index is 9.44. The molecule has 0 aliphatic carbocycles. The molecule has 1 atom stereocenters. The molecule has 0 saturated carbocycles. The first kappa shape index (κ1) is 19.1. The van der Waals surface area contributed by atoms with E-state index < -0.39 is 0 Å². The van der Waals surface area contributed by atoms with Gasteiger partial charge < -0.3 is 21.5 Å². The summed E-state index contributed by atoms with van der Waals surface area (Å²) in [6.45, 7) is 5.07. The zero-order valence-electron chi connectivity index (χ0n) is 15.3. The minimum Gasteiger partial charge on any atom is -0.398 e. The van der Waals surface area contributed by atoms with Gasteiger partial charge in [0.15, 0.2) is 17.0 Å². The Bertz CT molecular complexity index is 925. The molecule has 0 saturated heterocycles. The molecule has 144 valence electrons. The topological polar surface area (TPSA) is 127 Å². The van der Waals surface area contributed by atoms with E-state index in [0.717, 1.165) is 12.0 Å². The Labute approximate surface area is 161 Å². The quantitative estimate of drug-likeness (QED) is 0.431. The van der Waals surface area contributed by atoms with Gasteiger partial charge in [0, 0.05) is 13.1 Å². The monoisotopic (exact) mass is 390 g/mol. The third-order valence-electron chi connectivity index (χ3n) is 4.23. The maximum Gasteiger partial charge on any atom is 0.227 e. The van der Waals surface area contributed by atoms with Crippen molar-refractivity contribution in [2.75, 3.05) is 23.0 Å². The van der Waals surface area contributed by atoms with Gasteiger partial charge in [0.1, 0.15) is 0 Å². The summed E-state index contributed by atoms with van der Waals surface area (Å²) >= 11 is 5.98. The lowest BCUT2D eigenvalue weighted by molar-refractivity contribution is 0.271. The van der Waals surface area contributed by atoms with E-state index in [4.69, 9.17) is 17.3 Å². The third-order valence-corrected chi connectivity index (χ3v) is 4.57. The first-order chi connectivity index (χ1) is 13.0. The van der Waals surface area contributed by atoms with Crippen LogP contribution in [0.4, 0.5) is 17.5 Å². The molecule has 1 aromatic carbocycles. The molecule has 0 fully saturated rings. The summed E-state index contributed by atoms with van der Waals surface area (Å²) in [6.07, 6.45) is 0.746. The van der Waals surface area contributed by atoms with Crippen LogP contribution in [0.15, 0.2) is 18.2 Å². The van der Waals surface area contributed by atoms with E-state index in [1.165, 1.54) is 0 Å². The smallest absolute Gasteiger partial charge is 0.227 e. The van der Waals surface area contributed by atoms with Gasteiger partial charge in [-0.15, -0.1) is 5.10 Å². The van der Waals surface area contributed by atoms with Gasteiger partial charge in [-0.05, 0) is 31.0 Å². The molecular formula is C17H23ClN8O. The minimum atomic E-state index is -0.127. The van der Waals surface area contributed by atoms with E-state index in [0.29, 0.717) is 46.7 Å². The second kappa shape index (κ2) is 8.36. The number of aliphatic hydroxyl groups excluding tert-OH is 1. The third kappa shape index (κ3) is 4.20. The average molecular weight is 391 g/mol. The highest BCUT2D eigenvalue weighted by Gasteiger charge is 2.16. The second-order valence-electron chi connectivity index (χ2n) is 6.11. The Kier molecular flexibility index (Phi) is 5.92. The largest absolute Gasteiger partial charge is 0.398 e. The normalized spacial score (nSPS) is 12.3. The number of nitrogen functional groups attached to an aromatic ring is 1. The maximum atomic E-state index is 9.44. The Hall–Kier alpha value is -2.65. The summed E-state index contributed by atoms with van der Waals surface area (Å²) in [4.78, 5) is 9.03. The number of anilines is 3. The molecule has 10 heteroatoms. The van der Waals surface area contributed by atoms with Gasteiger partial charge in [-0.3, -0.25) is 0 Å². The predicted octanol–water partition coefficient (Wildman–Crippen LogP) is 2.27. The molecule has 0 amide bonds. The van der Waals surface area contributed by atoms with Crippen LogP contribution in [0.5, 0.6) is 0 Å². The Morgan fingerprint density at radius 3 is 2.78 bits per heavy atom. The van der Waals surface area contributed by atoms with E-state index in [2.05, 4.69) is 30.9 Å². The molecule has 27 heavy (non-hydrogen) atoms. The van der Waals surface area contributed by atoms with Crippen LogP contribution in [0.2, 0.25) is 5.02 Å². The van der Waals surface area contributed by atoms with Crippen LogP contribution in [-0.2, 0) is 13.1 Å². The van der Waals surface area contributed by atoms with Crippen molar-refractivity contribution >= 4 is 40.2 Å². The Balaban J connectivity index is 1.92. The van der Waals surface area contributed by atoms with Gasteiger partial charge in [-0.1, -0.05) is 29.8 Å². The van der Waals surface area contributed by atoms with Crippen molar-refractivity contribution in [1.29, 1.82) is 0 Å². The van der Waals surface area contributed by atoms with Gasteiger partial charge in [-0.25, -0.2) is 4.68 Å². The van der Waals surface area contributed by atoms with Gasteiger partial charge >= 0.3 is 0 Å². The summed E-state index contributed by atoms with van der Waals surface area (Å²) in [7, 11) is 0. The summed E-state index contributed by atoms with van der Waals surface area (Å²) < 4.78 is 1.70. The van der Waals surface area contributed by atoms with E-state index >= 15 is 0 Å². The van der Waals surface area contributed by atoms with Crippen LogP contribution in [0, 0.1) is 0 Å². The molecule has 0 spiro atoms. The van der Waals surface area contributed by atoms with Crippen LogP contribution in [0.3, 0.4) is 0 Å². The number of nitrogens with one attached hydrogen (secondary N) is 2. The molecule has 1 unspecified atom stereocenters. The number of aromatic nitrogens is 5. The Morgan fingerprint density at radius 2 is 2.11 bits per heavy atom. The first-order valence-corrected chi connectivity index (χ1v) is 9.19. The summed E-state index contributed by atoms with van der Waals surface area (Å²) in [5.41, 5.74) is 8.56. The number of rotatable bonds is 8. The SMILES string of the molecule is CCC(CO)Nc1nc(NCc2ccc(Cl)c(N)c2)c2nnn(CC)c2n1. The average Bonchev–Trinajstić information content (AvgIpc) is 3.09. The number of hydrogen-bond donors (Lipinski definition) is 4. The van der Waals surface area contributed by atoms with Crippen molar-refractivity contribution in [3.63, 3.8) is 0 Å². The van der Waals surface area contributed by atoms with E-state index in [1.54, 1.807) is 10.7 Å². The molecule has 2 aromatic heterocycles. The number of benzene rings is 1. The second-order valence-corrected chi connectivity index (χ2v) is 6.52. The van der Waals surface area contributed by atoms with E-state index in [-0.39, 0.29) is 12.6 Å². The highest BCUT2D eigenvalue weighted by atomic mass is 35.5. The Morgan fingerprint density at radius 1 is 1.30 bits per heavy atom. The van der Waals surface area contributed by atoms with Crippen LogP contribution in [0.1, 0.15) is 25.8 Å². The molecule has 0 bridgehead atoms. The molecule has 9 nitrogen and oxygen atoms in total. The predicted molar refractivity (Wildman–Crippen MR) is 107 cm³/mol. The van der Waals surface area contributed by atoms with Crippen molar-refractivity contribution in [3.8, 4) is 0 Å². The lowest BCUT2D eigenvalue weighted by atomic mass is 10.2. The van der Waals surface area contributed by atoms with Crippen LogP contribution >= 0.6 is 11.6 Å². The van der Waals surface area contributed by atoms with Gasteiger partial charge in [0.2, 0.25) is 5.95 Å². The highest BCUT2D eigenvalue weighted by molar-refractivity contribution is 6.33. The molecule has 0 radical (unpaired) electrons. The minimum absolute atomic E-state index is 0.00397. The van der Waals surface area contributed by atoms with Crippen molar-refractivity contribution < 1.29 is 5.11 Å². The van der Waals surface area contributed by atoms with Crippen molar-refractivity contribution in [2.45, 2.75) is 39.4 Å². The molecule has 0 aliphatic heterocycles. The van der Waals surface area contributed by atoms with E-state index in [9.17, 15) is 5.11 Å². The van der Waals surface area contributed by atoms with Gasteiger partial charge in [-0.2, -0.15) is 9.97 Å². The van der Waals surface area contributed by atoms with Gasteiger partial charge in [0.05, 0.1) is 23.4 Å². The number of aliphatic hydroxyl groups is 1. The molecule has 3 aromatic rings. The number of fused-ring (bicyclic) bond motifs is 1. The number of hydrogen-bond acceptors (Lipinski definition) is 8. The molecule has 3 rings (SSSR count).